The molecule has 28 heavy (non-hydrogen) atoms. The summed E-state index contributed by atoms with van der Waals surface area (Å²) < 4.78 is 50.9. The van der Waals surface area contributed by atoms with Crippen LogP contribution in [0.4, 0.5) is 14.5 Å². The minimum atomic E-state index is -4.02. The van der Waals surface area contributed by atoms with Crippen LogP contribution in [0.5, 0.6) is 0 Å². The maximum atomic E-state index is 14.0. The zero-order valence-electron chi connectivity index (χ0n) is 15.7. The number of carbonyl (C=O) groups is 1. The molecule has 3 N–H and O–H groups in total. The van der Waals surface area contributed by atoms with Crippen LogP contribution in [-0.4, -0.2) is 25.2 Å². The topological polar surface area (TPSA) is 102 Å². The number of alkyl halides is 2. The van der Waals surface area contributed by atoms with E-state index in [4.69, 9.17) is 5.14 Å². The summed E-state index contributed by atoms with van der Waals surface area (Å²) in [7, 11) is -4.02. The Morgan fingerprint density at radius 3 is 2.64 bits per heavy atom. The summed E-state index contributed by atoms with van der Waals surface area (Å²) in [4.78, 5) is 16.5. The van der Waals surface area contributed by atoms with Gasteiger partial charge in [0.1, 0.15) is 0 Å². The fourth-order valence-corrected chi connectivity index (χ4v) is 5.00. The number of halogens is 2. The van der Waals surface area contributed by atoms with Gasteiger partial charge < -0.3 is 5.32 Å². The third-order valence-corrected chi connectivity index (χ3v) is 6.77. The maximum absolute atomic E-state index is 14.0. The van der Waals surface area contributed by atoms with Crippen LogP contribution >= 0.6 is 0 Å². The van der Waals surface area contributed by atoms with Crippen LogP contribution in [0.3, 0.4) is 0 Å². The highest BCUT2D eigenvalue weighted by atomic mass is 32.2. The molecule has 2 saturated carbocycles. The molecule has 9 heteroatoms. The number of nitrogens with two attached hydrogens (primary N) is 1. The molecule has 1 aromatic heterocycles. The first-order valence-electron chi connectivity index (χ1n) is 9.82. The van der Waals surface area contributed by atoms with E-state index < -0.39 is 34.2 Å². The number of sulfonamides is 1. The largest absolute Gasteiger partial charge is 0.326 e. The number of carbonyl (C=O) groups excluding carboxylic acids is 1. The molecule has 2 aliphatic carbocycles. The first kappa shape index (κ1) is 21.1. The lowest BCUT2D eigenvalue weighted by Gasteiger charge is -2.37. The second-order valence-electron chi connectivity index (χ2n) is 8.12. The fraction of sp³-hybridized carbons (Fsp3) is 0.684. The van der Waals surface area contributed by atoms with Crippen LogP contribution in [0, 0.1) is 17.8 Å². The molecule has 2 atom stereocenters. The smallest absolute Gasteiger partial charge is 0.255 e. The van der Waals surface area contributed by atoms with Crippen LogP contribution in [0.1, 0.15) is 57.8 Å². The third kappa shape index (κ3) is 5.47. The standard InChI is InChI=1S/C19H27F2N3O3S/c20-19(21)8-6-14(10-13-4-2-1-3-5-13)16(12-19)18(25)24-15-7-9-23-17(11-15)28(22,26)27/h7,9,11,13-14,16H,1-6,8,10,12H2,(H2,22,26,27)(H,23,24,25)/t14-,16-/m1/s1. The lowest BCUT2D eigenvalue weighted by Crippen LogP contribution is -2.40. The summed E-state index contributed by atoms with van der Waals surface area (Å²) in [6.07, 6.45) is 7.44. The molecule has 0 unspecified atom stereocenters. The van der Waals surface area contributed by atoms with E-state index in [1.807, 2.05) is 0 Å². The molecule has 0 aromatic carbocycles. The van der Waals surface area contributed by atoms with Crippen LogP contribution < -0.4 is 10.5 Å². The number of pyridine rings is 1. The SMILES string of the molecule is NS(=O)(=O)c1cc(NC(=O)[C@@H]2CC(F)(F)CC[C@@H]2CC2CCCCC2)ccn1. The van der Waals surface area contributed by atoms with Gasteiger partial charge in [-0.1, -0.05) is 32.1 Å². The Kier molecular flexibility index (Phi) is 6.34. The monoisotopic (exact) mass is 415 g/mol. The fourth-order valence-electron chi connectivity index (χ4n) is 4.51. The van der Waals surface area contributed by atoms with Crippen molar-refractivity contribution in [1.29, 1.82) is 0 Å². The van der Waals surface area contributed by atoms with E-state index in [1.165, 1.54) is 18.7 Å². The van der Waals surface area contributed by atoms with Gasteiger partial charge in [0.25, 0.3) is 10.0 Å². The van der Waals surface area contributed by atoms with Crippen molar-refractivity contribution < 1.29 is 22.0 Å². The normalized spacial score (nSPS) is 26.0. The number of aromatic nitrogens is 1. The summed E-state index contributed by atoms with van der Waals surface area (Å²) in [6, 6.07) is 2.56. The van der Waals surface area contributed by atoms with Gasteiger partial charge in [0, 0.05) is 36.7 Å². The molecule has 0 bridgehead atoms. The lowest BCUT2D eigenvalue weighted by atomic mass is 9.71. The van der Waals surface area contributed by atoms with E-state index in [0.29, 0.717) is 12.3 Å². The number of rotatable bonds is 5. The summed E-state index contributed by atoms with van der Waals surface area (Å²) in [6.45, 7) is 0. The van der Waals surface area contributed by atoms with E-state index >= 15 is 0 Å². The zero-order valence-corrected chi connectivity index (χ0v) is 16.6. The number of amides is 1. The van der Waals surface area contributed by atoms with Crippen LogP contribution in [0.25, 0.3) is 0 Å². The van der Waals surface area contributed by atoms with Crippen LogP contribution in [0.15, 0.2) is 23.4 Å². The van der Waals surface area contributed by atoms with Gasteiger partial charge in [0.15, 0.2) is 5.03 Å². The lowest BCUT2D eigenvalue weighted by molar-refractivity contribution is -0.132. The van der Waals surface area contributed by atoms with Crippen molar-refractivity contribution in [3.63, 3.8) is 0 Å². The van der Waals surface area contributed by atoms with Crippen molar-refractivity contribution >= 4 is 21.6 Å². The average molecular weight is 416 g/mol. The Labute approximate surface area is 164 Å². The predicted molar refractivity (Wildman–Crippen MR) is 101 cm³/mol. The molecular formula is C19H27F2N3O3S. The van der Waals surface area contributed by atoms with Crippen molar-refractivity contribution in [3.8, 4) is 0 Å². The van der Waals surface area contributed by atoms with Gasteiger partial charge in [-0.05, 0) is 30.7 Å². The summed E-state index contributed by atoms with van der Waals surface area (Å²) in [5, 5.41) is 7.28. The van der Waals surface area contributed by atoms with Gasteiger partial charge in [0.05, 0.1) is 0 Å². The van der Waals surface area contributed by atoms with Crippen LogP contribution in [-0.2, 0) is 14.8 Å². The molecular weight excluding hydrogens is 388 g/mol. The van der Waals surface area contributed by atoms with E-state index in [-0.39, 0.29) is 23.1 Å². The molecule has 0 aliphatic heterocycles. The van der Waals surface area contributed by atoms with Gasteiger partial charge in [-0.3, -0.25) is 4.79 Å². The molecule has 1 aromatic rings. The molecule has 1 amide bonds. The second-order valence-corrected chi connectivity index (χ2v) is 9.63. The Morgan fingerprint density at radius 1 is 1.25 bits per heavy atom. The molecule has 6 nitrogen and oxygen atoms in total. The van der Waals surface area contributed by atoms with Gasteiger partial charge in [0.2, 0.25) is 11.8 Å². The van der Waals surface area contributed by atoms with E-state index in [2.05, 4.69) is 10.3 Å². The molecule has 0 saturated heterocycles. The van der Waals surface area contributed by atoms with E-state index in [0.717, 1.165) is 38.2 Å². The zero-order chi connectivity index (χ0) is 20.4. The van der Waals surface area contributed by atoms with Gasteiger partial charge in [-0.15, -0.1) is 0 Å². The van der Waals surface area contributed by atoms with Crippen molar-refractivity contribution in [1.82, 2.24) is 4.98 Å². The van der Waals surface area contributed by atoms with Crippen molar-refractivity contribution in [2.75, 3.05) is 5.32 Å². The van der Waals surface area contributed by atoms with E-state index in [1.54, 1.807) is 0 Å². The van der Waals surface area contributed by atoms with Gasteiger partial charge in [-0.25, -0.2) is 27.3 Å². The number of nitrogens with one attached hydrogen (secondary N) is 1. The summed E-state index contributed by atoms with van der Waals surface area (Å²) in [5.74, 6) is -3.73. The molecule has 2 fully saturated rings. The summed E-state index contributed by atoms with van der Waals surface area (Å²) in [5.41, 5.74) is 0.189. The van der Waals surface area contributed by atoms with E-state index in [9.17, 15) is 22.0 Å². The Hall–Kier alpha value is -1.61. The molecule has 2 aliphatic rings. The van der Waals surface area contributed by atoms with Crippen molar-refractivity contribution in [2.45, 2.75) is 68.7 Å². The van der Waals surface area contributed by atoms with Crippen molar-refractivity contribution in [3.05, 3.63) is 18.3 Å². The highest BCUT2D eigenvalue weighted by Gasteiger charge is 2.45. The first-order chi connectivity index (χ1) is 13.1. The molecule has 0 radical (unpaired) electrons. The minimum Gasteiger partial charge on any atom is -0.326 e. The Bertz CT molecular complexity index is 810. The molecule has 1 heterocycles. The third-order valence-electron chi connectivity index (χ3n) is 5.96. The van der Waals surface area contributed by atoms with Gasteiger partial charge >= 0.3 is 0 Å². The average Bonchev–Trinajstić information content (AvgIpc) is 2.63. The number of nitrogens with zero attached hydrogens (tertiary/aromatic N) is 1. The highest BCUT2D eigenvalue weighted by Crippen LogP contribution is 2.44. The van der Waals surface area contributed by atoms with Gasteiger partial charge in [-0.2, -0.15) is 0 Å². The number of hydrogen-bond donors (Lipinski definition) is 2. The maximum Gasteiger partial charge on any atom is 0.255 e. The van der Waals surface area contributed by atoms with Crippen LogP contribution in [0.2, 0.25) is 0 Å². The highest BCUT2D eigenvalue weighted by molar-refractivity contribution is 7.89. The molecule has 156 valence electrons. The second kappa shape index (κ2) is 8.41. The minimum absolute atomic E-state index is 0.0812. The number of primary sulfonamides is 1. The van der Waals surface area contributed by atoms with Crippen molar-refractivity contribution in [2.24, 2.45) is 22.9 Å². The molecule has 0 spiro atoms. The summed E-state index contributed by atoms with van der Waals surface area (Å²) >= 11 is 0. The Morgan fingerprint density at radius 2 is 1.96 bits per heavy atom. The first-order valence-corrected chi connectivity index (χ1v) is 11.4. The Balaban J connectivity index is 1.73. The number of anilines is 1. The quantitative estimate of drug-likeness (QED) is 0.766. The molecule has 3 rings (SSSR count). The number of hydrogen-bond acceptors (Lipinski definition) is 4. The predicted octanol–water partition coefficient (Wildman–Crippen LogP) is 3.69.